The van der Waals surface area contributed by atoms with Crippen molar-refractivity contribution in [3.8, 4) is 5.75 Å². The SMILES string of the molecule is Cc1ccc(COc2c(C=Nn3c(C4CCCCC4)nc4ccccc4c3=O)cccc2[N+](=O)[O-])cc1. The molecule has 37 heavy (non-hydrogen) atoms. The Balaban J connectivity index is 1.56. The number of aryl methyl sites for hydroxylation is 1. The Labute approximate surface area is 214 Å². The molecular formula is C29H28N4O4. The fourth-order valence-electron chi connectivity index (χ4n) is 4.78. The van der Waals surface area contributed by atoms with E-state index in [-0.39, 0.29) is 29.5 Å². The van der Waals surface area contributed by atoms with Crippen molar-refractivity contribution in [2.45, 2.75) is 51.6 Å². The van der Waals surface area contributed by atoms with Crippen LogP contribution in [0.5, 0.6) is 5.75 Å². The molecule has 3 aromatic carbocycles. The molecule has 4 aromatic rings. The van der Waals surface area contributed by atoms with Crippen molar-refractivity contribution in [2.75, 3.05) is 0 Å². The van der Waals surface area contributed by atoms with E-state index in [9.17, 15) is 14.9 Å². The molecule has 8 heteroatoms. The first kappa shape index (κ1) is 24.4. The molecule has 0 N–H and O–H groups in total. The third-order valence-corrected chi connectivity index (χ3v) is 6.79. The van der Waals surface area contributed by atoms with Gasteiger partial charge in [-0.25, -0.2) is 4.98 Å². The van der Waals surface area contributed by atoms with E-state index in [1.165, 1.54) is 23.4 Å². The molecule has 0 unspecified atom stereocenters. The lowest BCUT2D eigenvalue weighted by Crippen LogP contribution is -2.25. The summed E-state index contributed by atoms with van der Waals surface area (Å²) in [5.74, 6) is 0.871. The van der Waals surface area contributed by atoms with Crippen LogP contribution in [-0.4, -0.2) is 20.8 Å². The van der Waals surface area contributed by atoms with E-state index in [0.717, 1.165) is 36.8 Å². The van der Waals surface area contributed by atoms with Crippen molar-refractivity contribution >= 4 is 22.8 Å². The van der Waals surface area contributed by atoms with Gasteiger partial charge in [0.1, 0.15) is 12.4 Å². The van der Waals surface area contributed by atoms with Gasteiger partial charge in [0.2, 0.25) is 5.75 Å². The van der Waals surface area contributed by atoms with Gasteiger partial charge in [-0.15, -0.1) is 0 Å². The first-order valence-electron chi connectivity index (χ1n) is 12.5. The minimum Gasteiger partial charge on any atom is -0.481 e. The molecule has 1 aromatic heterocycles. The van der Waals surface area contributed by atoms with E-state index in [1.807, 2.05) is 43.3 Å². The average molecular weight is 497 g/mol. The summed E-state index contributed by atoms with van der Waals surface area (Å²) in [4.78, 5) is 29.6. The zero-order chi connectivity index (χ0) is 25.8. The Morgan fingerprint density at radius 2 is 1.81 bits per heavy atom. The number of nitro groups is 1. The summed E-state index contributed by atoms with van der Waals surface area (Å²) in [6, 6.07) is 19.7. The number of para-hydroxylation sites is 2. The monoisotopic (exact) mass is 496 g/mol. The van der Waals surface area contributed by atoms with Crippen LogP contribution in [0.3, 0.4) is 0 Å². The first-order valence-corrected chi connectivity index (χ1v) is 12.5. The summed E-state index contributed by atoms with van der Waals surface area (Å²) in [5.41, 5.74) is 2.65. The maximum absolute atomic E-state index is 13.5. The van der Waals surface area contributed by atoms with Crippen molar-refractivity contribution in [1.29, 1.82) is 0 Å². The smallest absolute Gasteiger partial charge is 0.311 e. The highest BCUT2D eigenvalue weighted by Gasteiger charge is 2.23. The van der Waals surface area contributed by atoms with Crippen LogP contribution in [0.2, 0.25) is 0 Å². The van der Waals surface area contributed by atoms with Crippen LogP contribution in [0.1, 0.15) is 60.5 Å². The predicted octanol–water partition coefficient (Wildman–Crippen LogP) is 6.12. The second-order valence-electron chi connectivity index (χ2n) is 9.41. The molecule has 1 fully saturated rings. The minimum absolute atomic E-state index is 0.109. The Bertz CT molecular complexity index is 1520. The van der Waals surface area contributed by atoms with Gasteiger partial charge in [-0.1, -0.05) is 67.3 Å². The quantitative estimate of drug-likeness (QED) is 0.174. The zero-order valence-corrected chi connectivity index (χ0v) is 20.7. The molecule has 1 heterocycles. The second-order valence-corrected chi connectivity index (χ2v) is 9.41. The molecule has 0 atom stereocenters. The lowest BCUT2D eigenvalue weighted by molar-refractivity contribution is -0.385. The average Bonchev–Trinajstić information content (AvgIpc) is 2.92. The van der Waals surface area contributed by atoms with Crippen LogP contribution in [0.25, 0.3) is 10.9 Å². The Kier molecular flexibility index (Phi) is 7.07. The second kappa shape index (κ2) is 10.7. The van der Waals surface area contributed by atoms with E-state index >= 15 is 0 Å². The van der Waals surface area contributed by atoms with Crippen LogP contribution in [0.4, 0.5) is 5.69 Å². The normalized spacial score (nSPS) is 14.3. The highest BCUT2D eigenvalue weighted by atomic mass is 16.6. The van der Waals surface area contributed by atoms with E-state index in [1.54, 1.807) is 24.3 Å². The highest BCUT2D eigenvalue weighted by molar-refractivity contribution is 5.86. The molecule has 0 bridgehead atoms. The number of nitro benzene ring substituents is 1. The van der Waals surface area contributed by atoms with Gasteiger partial charge in [-0.3, -0.25) is 14.9 Å². The predicted molar refractivity (Wildman–Crippen MR) is 143 cm³/mol. The van der Waals surface area contributed by atoms with Crippen LogP contribution in [0, 0.1) is 17.0 Å². The molecule has 0 spiro atoms. The van der Waals surface area contributed by atoms with Crippen molar-refractivity contribution in [2.24, 2.45) is 5.10 Å². The molecule has 1 saturated carbocycles. The highest BCUT2D eigenvalue weighted by Crippen LogP contribution is 2.33. The summed E-state index contributed by atoms with van der Waals surface area (Å²) in [5, 5.41) is 16.8. The van der Waals surface area contributed by atoms with Gasteiger partial charge in [-0.05, 0) is 43.5 Å². The third-order valence-electron chi connectivity index (χ3n) is 6.79. The molecule has 8 nitrogen and oxygen atoms in total. The van der Waals surface area contributed by atoms with Gasteiger partial charge in [-0.2, -0.15) is 9.78 Å². The summed E-state index contributed by atoms with van der Waals surface area (Å²) in [7, 11) is 0. The molecule has 0 amide bonds. The fraction of sp³-hybridized carbons (Fsp3) is 0.276. The maximum Gasteiger partial charge on any atom is 0.311 e. The number of aromatic nitrogens is 2. The summed E-state index contributed by atoms with van der Waals surface area (Å²) < 4.78 is 7.32. The Hall–Kier alpha value is -4.33. The molecule has 0 radical (unpaired) electrons. The van der Waals surface area contributed by atoms with Crippen molar-refractivity contribution in [3.05, 3.63) is 110 Å². The van der Waals surface area contributed by atoms with Crippen LogP contribution >= 0.6 is 0 Å². The Morgan fingerprint density at radius 1 is 1.05 bits per heavy atom. The van der Waals surface area contributed by atoms with Gasteiger partial charge in [0.15, 0.2) is 0 Å². The standard InChI is InChI=1S/C29H28N4O4/c1-20-14-16-21(17-15-20)19-37-27-23(10-7-13-26(27)33(35)36)18-30-32-28(22-8-3-2-4-9-22)31-25-12-6-5-11-24(25)29(32)34/h5-7,10-18,22H,2-4,8-9,19H2,1H3. The van der Waals surface area contributed by atoms with Gasteiger partial charge in [0.25, 0.3) is 5.56 Å². The number of benzene rings is 3. The lowest BCUT2D eigenvalue weighted by atomic mass is 9.88. The van der Waals surface area contributed by atoms with E-state index in [2.05, 4.69) is 5.10 Å². The van der Waals surface area contributed by atoms with Gasteiger partial charge >= 0.3 is 5.69 Å². The van der Waals surface area contributed by atoms with Crippen molar-refractivity contribution in [1.82, 2.24) is 9.66 Å². The zero-order valence-electron chi connectivity index (χ0n) is 20.7. The Morgan fingerprint density at radius 3 is 2.57 bits per heavy atom. The number of ether oxygens (including phenoxy) is 1. The topological polar surface area (TPSA) is 99.6 Å². The van der Waals surface area contributed by atoms with Gasteiger partial charge in [0.05, 0.1) is 22.0 Å². The van der Waals surface area contributed by atoms with E-state index in [4.69, 9.17) is 9.72 Å². The molecular weight excluding hydrogens is 468 g/mol. The number of hydrogen-bond donors (Lipinski definition) is 0. The molecule has 5 rings (SSSR count). The number of nitrogens with zero attached hydrogens (tertiary/aromatic N) is 4. The summed E-state index contributed by atoms with van der Waals surface area (Å²) in [6.45, 7) is 2.16. The lowest BCUT2D eigenvalue weighted by Gasteiger charge is -2.22. The molecule has 0 aliphatic heterocycles. The molecule has 188 valence electrons. The van der Waals surface area contributed by atoms with Crippen LogP contribution in [-0.2, 0) is 6.61 Å². The summed E-state index contributed by atoms with van der Waals surface area (Å²) in [6.07, 6.45) is 6.69. The molecule has 1 aliphatic carbocycles. The van der Waals surface area contributed by atoms with Crippen molar-refractivity contribution < 1.29 is 9.66 Å². The van der Waals surface area contributed by atoms with Gasteiger partial charge < -0.3 is 4.74 Å². The van der Waals surface area contributed by atoms with Crippen molar-refractivity contribution in [3.63, 3.8) is 0 Å². The molecule has 1 aliphatic rings. The van der Waals surface area contributed by atoms with Crippen LogP contribution in [0.15, 0.2) is 76.6 Å². The fourth-order valence-corrected chi connectivity index (χ4v) is 4.78. The van der Waals surface area contributed by atoms with E-state index in [0.29, 0.717) is 22.3 Å². The first-order chi connectivity index (χ1) is 18.0. The van der Waals surface area contributed by atoms with Crippen LogP contribution < -0.4 is 10.3 Å². The number of hydrogen-bond acceptors (Lipinski definition) is 6. The van der Waals surface area contributed by atoms with Gasteiger partial charge in [0, 0.05) is 17.5 Å². The maximum atomic E-state index is 13.5. The summed E-state index contributed by atoms with van der Waals surface area (Å²) >= 11 is 0. The molecule has 0 saturated heterocycles. The van der Waals surface area contributed by atoms with E-state index < -0.39 is 4.92 Å². The minimum atomic E-state index is -0.473. The third kappa shape index (κ3) is 5.28. The largest absolute Gasteiger partial charge is 0.481 e. The number of rotatable bonds is 7. The number of fused-ring (bicyclic) bond motifs is 1.